The molecule has 4 heteroatoms. The zero-order valence-corrected chi connectivity index (χ0v) is 15.9. The Morgan fingerprint density at radius 2 is 1.32 bits per heavy atom. The molecule has 2 aliphatic carbocycles. The largest absolute Gasteiger partial charge is 0.300 e. The topological polar surface area (TPSA) is 51.2 Å². The minimum absolute atomic E-state index is 0.106. The standard InChI is InChI=1S/C24H18O3S/c25-16-13-19(15-7-2-1-3-8-15)24(20(14-16)21-11-6-12-28-21)22(26)17-9-4-5-10-18(17)23(24)27/h1-12,19-20H,13-14H2/t19-,20+/m0/s1. The van der Waals surface area contributed by atoms with Crippen molar-refractivity contribution in [3.05, 3.63) is 93.7 Å². The first-order valence-electron chi connectivity index (χ1n) is 9.42. The van der Waals surface area contributed by atoms with Crippen LogP contribution in [0.1, 0.15) is 55.8 Å². The molecular formula is C24H18O3S. The van der Waals surface area contributed by atoms with E-state index in [4.69, 9.17) is 0 Å². The fraction of sp³-hybridized carbons (Fsp3) is 0.208. The number of carbonyl (C=O) groups is 3. The van der Waals surface area contributed by atoms with Crippen molar-refractivity contribution in [1.82, 2.24) is 0 Å². The van der Waals surface area contributed by atoms with Crippen molar-refractivity contribution < 1.29 is 14.4 Å². The third-order valence-electron chi connectivity index (χ3n) is 6.22. The van der Waals surface area contributed by atoms with E-state index in [9.17, 15) is 14.4 Å². The number of hydrogen-bond acceptors (Lipinski definition) is 4. The molecule has 1 spiro atoms. The first-order valence-corrected chi connectivity index (χ1v) is 10.3. The van der Waals surface area contributed by atoms with Gasteiger partial charge >= 0.3 is 0 Å². The lowest BCUT2D eigenvalue weighted by Crippen LogP contribution is -2.49. The van der Waals surface area contributed by atoms with Gasteiger partial charge in [-0.3, -0.25) is 14.4 Å². The molecule has 1 heterocycles. The average Bonchev–Trinajstić information content (AvgIpc) is 3.33. The Hall–Kier alpha value is -2.85. The maximum atomic E-state index is 13.9. The highest BCUT2D eigenvalue weighted by molar-refractivity contribution is 7.10. The van der Waals surface area contributed by atoms with Crippen molar-refractivity contribution in [1.29, 1.82) is 0 Å². The molecule has 138 valence electrons. The van der Waals surface area contributed by atoms with E-state index in [0.717, 1.165) is 10.4 Å². The molecule has 0 saturated heterocycles. The smallest absolute Gasteiger partial charge is 0.178 e. The van der Waals surface area contributed by atoms with E-state index in [1.807, 2.05) is 47.8 Å². The first-order chi connectivity index (χ1) is 13.6. The number of Topliss-reactive ketones (excluding diaryl/α,β-unsaturated/α-hetero) is 3. The van der Waals surface area contributed by atoms with E-state index in [1.54, 1.807) is 24.3 Å². The maximum absolute atomic E-state index is 13.9. The van der Waals surface area contributed by atoms with Crippen LogP contribution in [0.4, 0.5) is 0 Å². The van der Waals surface area contributed by atoms with Crippen molar-refractivity contribution in [2.24, 2.45) is 5.41 Å². The molecule has 0 amide bonds. The summed E-state index contributed by atoms with van der Waals surface area (Å²) in [5.41, 5.74) is 0.615. The van der Waals surface area contributed by atoms with Crippen molar-refractivity contribution in [3.8, 4) is 0 Å². The average molecular weight is 386 g/mol. The second-order valence-electron chi connectivity index (χ2n) is 7.55. The minimum atomic E-state index is -1.25. The van der Waals surface area contributed by atoms with E-state index < -0.39 is 17.3 Å². The van der Waals surface area contributed by atoms with Crippen LogP contribution in [0.5, 0.6) is 0 Å². The lowest BCUT2D eigenvalue weighted by molar-refractivity contribution is -0.122. The van der Waals surface area contributed by atoms with Crippen LogP contribution in [0.25, 0.3) is 0 Å². The van der Waals surface area contributed by atoms with Gasteiger partial charge in [0.25, 0.3) is 0 Å². The minimum Gasteiger partial charge on any atom is -0.300 e. The second-order valence-corrected chi connectivity index (χ2v) is 8.53. The van der Waals surface area contributed by atoms with Crippen LogP contribution in [0.3, 0.4) is 0 Å². The number of rotatable bonds is 2. The number of thiophene rings is 1. The van der Waals surface area contributed by atoms with Crippen LogP contribution in [-0.2, 0) is 4.79 Å². The summed E-state index contributed by atoms with van der Waals surface area (Å²) in [6, 6.07) is 20.5. The highest BCUT2D eigenvalue weighted by Gasteiger charge is 2.64. The molecule has 1 saturated carbocycles. The molecule has 3 aromatic rings. The monoisotopic (exact) mass is 386 g/mol. The van der Waals surface area contributed by atoms with Crippen LogP contribution < -0.4 is 0 Å². The molecule has 5 rings (SSSR count). The third-order valence-corrected chi connectivity index (χ3v) is 7.21. The van der Waals surface area contributed by atoms with Gasteiger partial charge < -0.3 is 0 Å². The molecule has 0 unspecified atom stereocenters. The Bertz CT molecular complexity index is 1050. The van der Waals surface area contributed by atoms with E-state index in [2.05, 4.69) is 0 Å². The lowest BCUT2D eigenvalue weighted by Gasteiger charge is -2.44. The Morgan fingerprint density at radius 1 is 0.714 bits per heavy atom. The van der Waals surface area contributed by atoms with Crippen LogP contribution in [-0.4, -0.2) is 17.3 Å². The Morgan fingerprint density at radius 3 is 1.93 bits per heavy atom. The van der Waals surface area contributed by atoms with E-state index >= 15 is 0 Å². The summed E-state index contributed by atoms with van der Waals surface area (Å²) in [6.45, 7) is 0. The SMILES string of the molecule is O=C1C[C@H](c2cccs2)C2(C(=O)c3ccccc3C2=O)[C@H](c2ccccc2)C1. The zero-order valence-electron chi connectivity index (χ0n) is 15.1. The number of fused-ring (bicyclic) bond motifs is 1. The van der Waals surface area contributed by atoms with Crippen molar-refractivity contribution in [2.75, 3.05) is 0 Å². The number of carbonyl (C=O) groups excluding carboxylic acids is 3. The Kier molecular flexibility index (Phi) is 3.91. The van der Waals surface area contributed by atoms with Gasteiger partial charge in [0, 0.05) is 40.7 Å². The van der Waals surface area contributed by atoms with Crippen molar-refractivity contribution >= 4 is 28.7 Å². The Labute approximate surface area is 167 Å². The summed E-state index contributed by atoms with van der Waals surface area (Å²) >= 11 is 1.52. The highest BCUT2D eigenvalue weighted by atomic mass is 32.1. The Balaban J connectivity index is 1.79. The van der Waals surface area contributed by atoms with Gasteiger partial charge in [-0.05, 0) is 17.0 Å². The molecule has 0 N–H and O–H groups in total. The molecule has 0 radical (unpaired) electrons. The number of ketones is 3. The number of hydrogen-bond donors (Lipinski definition) is 0. The van der Waals surface area contributed by atoms with Crippen LogP contribution in [0.2, 0.25) is 0 Å². The summed E-state index contributed by atoms with van der Waals surface area (Å²) in [6.07, 6.45) is 0.451. The first kappa shape index (κ1) is 17.3. The van der Waals surface area contributed by atoms with Crippen LogP contribution in [0.15, 0.2) is 72.1 Å². The van der Waals surface area contributed by atoms with E-state index in [-0.39, 0.29) is 30.2 Å². The van der Waals surface area contributed by atoms with Gasteiger partial charge in [0.1, 0.15) is 11.2 Å². The van der Waals surface area contributed by atoms with Crippen LogP contribution in [0, 0.1) is 5.41 Å². The molecule has 0 aliphatic heterocycles. The van der Waals surface area contributed by atoms with Gasteiger partial charge in [0.15, 0.2) is 11.6 Å². The predicted molar refractivity (Wildman–Crippen MR) is 108 cm³/mol. The van der Waals surface area contributed by atoms with E-state index in [1.165, 1.54) is 11.3 Å². The summed E-state index contributed by atoms with van der Waals surface area (Å²) in [7, 11) is 0. The fourth-order valence-corrected chi connectivity index (χ4v) is 5.95. The maximum Gasteiger partial charge on any atom is 0.178 e. The molecule has 28 heavy (non-hydrogen) atoms. The van der Waals surface area contributed by atoms with Gasteiger partial charge in [-0.25, -0.2) is 0 Å². The fourth-order valence-electron chi connectivity index (χ4n) is 5.05. The summed E-state index contributed by atoms with van der Waals surface area (Å²) < 4.78 is 0. The molecule has 3 nitrogen and oxygen atoms in total. The molecular weight excluding hydrogens is 368 g/mol. The number of benzene rings is 2. The van der Waals surface area contributed by atoms with Crippen molar-refractivity contribution in [2.45, 2.75) is 24.7 Å². The van der Waals surface area contributed by atoms with E-state index in [0.29, 0.717) is 11.1 Å². The molecule has 2 aliphatic rings. The molecule has 0 bridgehead atoms. The van der Waals surface area contributed by atoms with Gasteiger partial charge in [-0.15, -0.1) is 11.3 Å². The van der Waals surface area contributed by atoms with Gasteiger partial charge in [0.2, 0.25) is 0 Å². The third kappa shape index (κ3) is 2.24. The molecule has 2 atom stereocenters. The molecule has 1 aromatic heterocycles. The summed E-state index contributed by atoms with van der Waals surface area (Å²) in [5, 5.41) is 1.94. The summed E-state index contributed by atoms with van der Waals surface area (Å²) in [5.74, 6) is -1.03. The normalized spacial score (nSPS) is 23.2. The highest BCUT2D eigenvalue weighted by Crippen LogP contribution is 2.60. The summed E-state index contributed by atoms with van der Waals surface area (Å²) in [4.78, 5) is 41.4. The molecule has 2 aromatic carbocycles. The van der Waals surface area contributed by atoms with Crippen LogP contribution >= 0.6 is 11.3 Å². The van der Waals surface area contributed by atoms with Gasteiger partial charge in [-0.1, -0.05) is 60.7 Å². The zero-order chi connectivity index (χ0) is 19.3. The predicted octanol–water partition coefficient (Wildman–Crippen LogP) is 5.04. The quantitative estimate of drug-likeness (QED) is 0.580. The van der Waals surface area contributed by atoms with Gasteiger partial charge in [-0.2, -0.15) is 0 Å². The van der Waals surface area contributed by atoms with Crippen molar-refractivity contribution in [3.63, 3.8) is 0 Å². The second kappa shape index (κ2) is 6.35. The molecule has 1 fully saturated rings. The lowest BCUT2D eigenvalue weighted by atomic mass is 9.55. The van der Waals surface area contributed by atoms with Gasteiger partial charge in [0.05, 0.1) is 0 Å².